The lowest BCUT2D eigenvalue weighted by atomic mass is 9.82. The van der Waals surface area contributed by atoms with Crippen LogP contribution in [0.3, 0.4) is 0 Å². The molecule has 0 bridgehead atoms. The molecule has 0 amide bonds. The van der Waals surface area contributed by atoms with Gasteiger partial charge < -0.3 is 0 Å². The van der Waals surface area contributed by atoms with E-state index in [1.165, 1.54) is 103 Å². The lowest BCUT2D eigenvalue weighted by molar-refractivity contribution is 0.290. The monoisotopic (exact) mass is 310 g/mol. The van der Waals surface area contributed by atoms with Crippen molar-refractivity contribution in [1.82, 2.24) is 0 Å². The highest BCUT2D eigenvalue weighted by molar-refractivity contribution is 4.68. The number of hydrogen-bond acceptors (Lipinski definition) is 0. The topological polar surface area (TPSA) is 0 Å². The van der Waals surface area contributed by atoms with Gasteiger partial charge in [-0.25, -0.2) is 0 Å². The van der Waals surface area contributed by atoms with Crippen LogP contribution in [0.25, 0.3) is 0 Å². The van der Waals surface area contributed by atoms with Gasteiger partial charge in [0.1, 0.15) is 0 Å². The Bertz CT molecular complexity index is 188. The van der Waals surface area contributed by atoms with Gasteiger partial charge in [0.05, 0.1) is 0 Å². The maximum Gasteiger partial charge on any atom is -0.0412 e. The normalized spacial score (nSPS) is 13.0. The first-order valence-corrected chi connectivity index (χ1v) is 10.8. The van der Waals surface area contributed by atoms with E-state index in [4.69, 9.17) is 0 Å². The number of rotatable bonds is 17. The Morgan fingerprint density at radius 1 is 0.409 bits per heavy atom. The van der Waals surface area contributed by atoms with Gasteiger partial charge in [-0.05, 0) is 18.3 Å². The van der Waals surface area contributed by atoms with Crippen molar-refractivity contribution >= 4 is 0 Å². The zero-order valence-electron chi connectivity index (χ0n) is 16.5. The van der Waals surface area contributed by atoms with E-state index in [9.17, 15) is 0 Å². The standard InChI is InChI=1S/C22H46/c1-5-9-12-13-14-15-19-21(16-8-4)20-22(17-10-6-2)18-11-7-3/h21-22H,5-20H2,1-4H3. The molecule has 0 nitrogen and oxygen atoms in total. The van der Waals surface area contributed by atoms with Crippen molar-refractivity contribution in [2.24, 2.45) is 11.8 Å². The van der Waals surface area contributed by atoms with Crippen LogP contribution in [0.2, 0.25) is 0 Å². The van der Waals surface area contributed by atoms with Crippen molar-refractivity contribution < 1.29 is 0 Å². The summed E-state index contributed by atoms with van der Waals surface area (Å²) >= 11 is 0. The molecule has 0 aromatic heterocycles. The molecule has 1 atom stereocenters. The molecule has 0 aliphatic heterocycles. The lowest BCUT2D eigenvalue weighted by Crippen LogP contribution is -2.10. The lowest BCUT2D eigenvalue weighted by Gasteiger charge is -2.23. The second kappa shape index (κ2) is 17.4. The van der Waals surface area contributed by atoms with E-state index in [0.29, 0.717) is 0 Å². The van der Waals surface area contributed by atoms with Gasteiger partial charge in [0.2, 0.25) is 0 Å². The molecule has 0 radical (unpaired) electrons. The van der Waals surface area contributed by atoms with Gasteiger partial charge in [-0.15, -0.1) is 0 Å². The predicted octanol–water partition coefficient (Wildman–Crippen LogP) is 8.54. The van der Waals surface area contributed by atoms with Crippen LogP contribution in [0.15, 0.2) is 0 Å². The van der Waals surface area contributed by atoms with Crippen molar-refractivity contribution in [2.75, 3.05) is 0 Å². The molecule has 0 spiro atoms. The Morgan fingerprint density at radius 3 is 1.41 bits per heavy atom. The maximum absolute atomic E-state index is 2.38. The second-order valence-electron chi connectivity index (χ2n) is 7.60. The van der Waals surface area contributed by atoms with Gasteiger partial charge >= 0.3 is 0 Å². The summed E-state index contributed by atoms with van der Waals surface area (Å²) in [6.45, 7) is 9.37. The van der Waals surface area contributed by atoms with Crippen molar-refractivity contribution in [3.8, 4) is 0 Å². The van der Waals surface area contributed by atoms with Crippen LogP contribution in [0.4, 0.5) is 0 Å². The van der Waals surface area contributed by atoms with Crippen LogP contribution in [-0.4, -0.2) is 0 Å². The number of hydrogen-bond donors (Lipinski definition) is 0. The zero-order valence-corrected chi connectivity index (χ0v) is 16.5. The fourth-order valence-electron chi connectivity index (χ4n) is 3.84. The van der Waals surface area contributed by atoms with Crippen LogP contribution in [-0.2, 0) is 0 Å². The van der Waals surface area contributed by atoms with Crippen molar-refractivity contribution in [3.05, 3.63) is 0 Å². The number of unbranched alkanes of at least 4 members (excludes halogenated alkanes) is 7. The van der Waals surface area contributed by atoms with E-state index in [1.807, 2.05) is 0 Å². The molecule has 0 rings (SSSR count). The molecule has 0 saturated carbocycles. The average molecular weight is 311 g/mol. The maximum atomic E-state index is 2.38. The quantitative estimate of drug-likeness (QED) is 0.236. The minimum atomic E-state index is 1.02. The third kappa shape index (κ3) is 13.6. The molecule has 0 N–H and O–H groups in total. The summed E-state index contributed by atoms with van der Waals surface area (Å²) in [5.74, 6) is 2.05. The van der Waals surface area contributed by atoms with Gasteiger partial charge in [-0.1, -0.05) is 124 Å². The van der Waals surface area contributed by atoms with Gasteiger partial charge in [0, 0.05) is 0 Å². The molecule has 0 aromatic carbocycles. The van der Waals surface area contributed by atoms with Crippen molar-refractivity contribution in [1.29, 1.82) is 0 Å². The van der Waals surface area contributed by atoms with Crippen LogP contribution in [0.5, 0.6) is 0 Å². The average Bonchev–Trinajstić information content (AvgIpc) is 2.53. The molecular formula is C22H46. The third-order valence-corrected chi connectivity index (χ3v) is 5.26. The fourth-order valence-corrected chi connectivity index (χ4v) is 3.84. The van der Waals surface area contributed by atoms with Crippen LogP contribution in [0, 0.1) is 11.8 Å². The minimum absolute atomic E-state index is 1.02. The third-order valence-electron chi connectivity index (χ3n) is 5.26. The molecule has 0 aliphatic carbocycles. The van der Waals surface area contributed by atoms with Crippen LogP contribution < -0.4 is 0 Å². The zero-order chi connectivity index (χ0) is 16.5. The SMILES string of the molecule is CCCCCCCCC(CCC)CC(CCCC)CCCC. The highest BCUT2D eigenvalue weighted by Gasteiger charge is 2.15. The summed E-state index contributed by atoms with van der Waals surface area (Å²) in [4.78, 5) is 0. The predicted molar refractivity (Wildman–Crippen MR) is 104 cm³/mol. The van der Waals surface area contributed by atoms with E-state index >= 15 is 0 Å². The van der Waals surface area contributed by atoms with Crippen LogP contribution >= 0.6 is 0 Å². The Morgan fingerprint density at radius 2 is 0.864 bits per heavy atom. The van der Waals surface area contributed by atoms with Gasteiger partial charge in [-0.2, -0.15) is 0 Å². The summed E-state index contributed by atoms with van der Waals surface area (Å²) in [7, 11) is 0. The van der Waals surface area contributed by atoms with E-state index < -0.39 is 0 Å². The molecule has 0 aliphatic rings. The molecule has 0 aromatic rings. The molecule has 22 heavy (non-hydrogen) atoms. The molecule has 1 unspecified atom stereocenters. The highest BCUT2D eigenvalue weighted by atomic mass is 14.2. The Labute approximate surface area is 142 Å². The molecule has 0 saturated heterocycles. The Kier molecular flexibility index (Phi) is 17.4. The molecule has 0 fully saturated rings. The first-order chi connectivity index (χ1) is 10.8. The summed E-state index contributed by atoms with van der Waals surface area (Å²) in [5, 5.41) is 0. The minimum Gasteiger partial charge on any atom is -0.0654 e. The summed E-state index contributed by atoms with van der Waals surface area (Å²) in [6, 6.07) is 0. The molecule has 134 valence electrons. The van der Waals surface area contributed by atoms with Gasteiger partial charge in [-0.3, -0.25) is 0 Å². The Balaban J connectivity index is 4.02. The second-order valence-corrected chi connectivity index (χ2v) is 7.60. The summed E-state index contributed by atoms with van der Waals surface area (Å²) in [5.41, 5.74) is 0. The molecule has 0 heteroatoms. The van der Waals surface area contributed by atoms with Gasteiger partial charge in [0.25, 0.3) is 0 Å². The van der Waals surface area contributed by atoms with Gasteiger partial charge in [0.15, 0.2) is 0 Å². The molecular weight excluding hydrogens is 264 g/mol. The first-order valence-electron chi connectivity index (χ1n) is 10.8. The van der Waals surface area contributed by atoms with Crippen molar-refractivity contribution in [3.63, 3.8) is 0 Å². The summed E-state index contributed by atoms with van der Waals surface area (Å²) < 4.78 is 0. The van der Waals surface area contributed by atoms with Crippen LogP contribution in [0.1, 0.15) is 130 Å². The molecule has 0 heterocycles. The highest BCUT2D eigenvalue weighted by Crippen LogP contribution is 2.29. The van der Waals surface area contributed by atoms with E-state index in [-0.39, 0.29) is 0 Å². The van der Waals surface area contributed by atoms with E-state index in [1.54, 1.807) is 0 Å². The smallest absolute Gasteiger partial charge is 0.0412 e. The summed E-state index contributed by atoms with van der Waals surface area (Å²) in [6.07, 6.45) is 23.2. The van der Waals surface area contributed by atoms with E-state index in [2.05, 4.69) is 27.7 Å². The van der Waals surface area contributed by atoms with E-state index in [0.717, 1.165) is 11.8 Å². The Hall–Kier alpha value is 0. The van der Waals surface area contributed by atoms with Crippen molar-refractivity contribution in [2.45, 2.75) is 130 Å². The largest absolute Gasteiger partial charge is 0.0654 e. The fraction of sp³-hybridized carbons (Fsp3) is 1.00. The first kappa shape index (κ1) is 22.0.